The van der Waals surface area contributed by atoms with Crippen LogP contribution in [0.1, 0.15) is 56.3 Å². The topological polar surface area (TPSA) is 16.2 Å². The molecule has 0 saturated heterocycles. The first-order valence-electron chi connectivity index (χ1n) is 34.8. The molecule has 3 aliphatic heterocycles. The molecule has 0 N–H and O–H groups in total. The van der Waals surface area contributed by atoms with Crippen LogP contribution in [0.5, 0.6) is 0 Å². The zero-order valence-electron chi connectivity index (χ0n) is 63.9. The molecule has 63 heavy (non-hydrogen) atoms. The van der Waals surface area contributed by atoms with Crippen molar-refractivity contribution in [2.75, 3.05) is 24.5 Å². The number of fused-ring (bicyclic) bond motifs is 5. The van der Waals surface area contributed by atoms with E-state index >= 15 is 0 Å². The Bertz CT molecular complexity index is 4740. The van der Waals surface area contributed by atoms with Crippen molar-refractivity contribution in [3.63, 3.8) is 0 Å². The maximum atomic E-state index is 10.9. The Hall–Kier alpha value is -7.96. The van der Waals surface area contributed by atoms with Crippen LogP contribution in [0.2, 0.25) is 0 Å². The fraction of sp³-hybridized carbons (Fsp3) is 0.0526. The smallest absolute Gasteiger partial charge is 0.252 e. The van der Waals surface area contributed by atoms with Gasteiger partial charge in [0.2, 0.25) is 0 Å². The van der Waals surface area contributed by atoms with E-state index in [0.717, 1.165) is 25.7 Å². The normalized spacial score (nSPS) is 21.0. The summed E-state index contributed by atoms with van der Waals surface area (Å²) in [7, 11) is 0. The molecule has 0 saturated carbocycles. The Balaban J connectivity index is 1.37. The lowest BCUT2D eigenvalue weighted by Crippen LogP contribution is -2.61. The molecule has 6 heteroatoms. The van der Waals surface area contributed by atoms with Gasteiger partial charge in [0, 0.05) is 56.9 Å². The summed E-state index contributed by atoms with van der Waals surface area (Å²) in [5.41, 5.74) is -8.84. The lowest BCUT2D eigenvalue weighted by molar-refractivity contribution is 0.540. The highest BCUT2D eigenvalue weighted by Crippen LogP contribution is 2.55. The van der Waals surface area contributed by atoms with Crippen molar-refractivity contribution in [1.82, 2.24) is 0 Å². The molecule has 0 unspecified atom stereocenters. The largest absolute Gasteiger partial charge is 0.316 e. The first-order valence-corrected chi connectivity index (χ1v) is 19.3. The lowest BCUT2D eigenvalue weighted by Gasteiger charge is -2.45. The molecule has 9 aromatic rings. The predicted molar refractivity (Wildman–Crippen MR) is 266 cm³/mol. The molecule has 0 amide bonds. The summed E-state index contributed by atoms with van der Waals surface area (Å²) in [6.07, 6.45) is 0. The molecular formula is C57H44BN5. The van der Waals surface area contributed by atoms with E-state index in [1.54, 1.807) is 0 Å². The van der Waals surface area contributed by atoms with Gasteiger partial charge < -0.3 is 24.5 Å². The third-order valence-corrected chi connectivity index (χ3v) is 11.0. The molecule has 0 bridgehead atoms. The Morgan fingerprint density at radius 1 is 0.413 bits per heavy atom. The summed E-state index contributed by atoms with van der Waals surface area (Å²) >= 11 is 0. The minimum absolute atomic E-state index is 0.0375. The zero-order chi connectivity index (χ0) is 69.0. The number of anilines is 13. The average molecular weight is 841 g/mol. The van der Waals surface area contributed by atoms with Gasteiger partial charge in [-0.3, -0.25) is 0 Å². The molecule has 300 valence electrons. The quantitative estimate of drug-likeness (QED) is 0.148. The highest BCUT2D eigenvalue weighted by Gasteiger charge is 2.49. The molecule has 3 heterocycles. The van der Waals surface area contributed by atoms with Crippen molar-refractivity contribution in [2.24, 2.45) is 0 Å². The van der Waals surface area contributed by atoms with Crippen molar-refractivity contribution in [3.8, 4) is 0 Å². The molecule has 5 nitrogen and oxygen atoms in total. The average Bonchev–Trinajstić information content (AvgIpc) is 1.25. The molecule has 3 aliphatic rings. The third kappa shape index (κ3) is 5.79. The highest BCUT2D eigenvalue weighted by atomic mass is 15.5. The Labute approximate surface area is 413 Å². The highest BCUT2D eigenvalue weighted by molar-refractivity contribution is 7.00. The molecule has 0 spiro atoms. The maximum absolute atomic E-state index is 10.9. The van der Waals surface area contributed by atoms with Gasteiger partial charge in [-0.1, -0.05) is 127 Å². The standard InChI is InChI=1S/C57H44BN5/c1-57(2)62(45-31-17-7-18-32-45)52-39-49-51(40-53(52)63(57)46-33-19-8-20-34-46)61(44-29-15-6-16-30-44)55-38-47(59(41-23-9-3-10-24-41)42-25-11-4-12-26-42)37-54-56(55)58(49)48-35-21-22-36-50(48)60(54)43-27-13-5-14-28-43/h3-40H,1-2H3/i3D,4D,5D,6D,7D,8D,9D,10D,11D,12D,13D,14D,15D,16D,17D,18D,19D,20D,23D,24D,25D,26D,27D,28D,29D,30D,31D,32D,33D,34D,39D. The van der Waals surface area contributed by atoms with Crippen LogP contribution in [0.4, 0.5) is 73.9 Å². The van der Waals surface area contributed by atoms with E-state index in [4.69, 9.17) is 21.9 Å². The first kappa shape index (κ1) is 17.1. The van der Waals surface area contributed by atoms with Crippen LogP contribution in [0.3, 0.4) is 0 Å². The van der Waals surface area contributed by atoms with E-state index in [1.165, 1.54) is 55.1 Å². The van der Waals surface area contributed by atoms with E-state index in [2.05, 4.69) is 0 Å². The van der Waals surface area contributed by atoms with Crippen LogP contribution in [-0.4, -0.2) is 12.4 Å². The van der Waals surface area contributed by atoms with E-state index in [1.807, 2.05) is 0 Å². The number of nitrogens with zero attached hydrogens (tertiary/aromatic N) is 5. The lowest BCUT2D eigenvalue weighted by atomic mass is 9.33. The molecule has 9 aromatic carbocycles. The van der Waals surface area contributed by atoms with Gasteiger partial charge in [0.15, 0.2) is 0 Å². The van der Waals surface area contributed by atoms with E-state index in [9.17, 15) is 20.6 Å². The summed E-state index contributed by atoms with van der Waals surface area (Å²) in [6.45, 7) is 1.28. The van der Waals surface area contributed by atoms with Crippen molar-refractivity contribution < 1.29 is 42.5 Å². The molecule has 12 rings (SSSR count). The number of hydrogen-bond acceptors (Lipinski definition) is 5. The van der Waals surface area contributed by atoms with Gasteiger partial charge in [0.1, 0.15) is 5.66 Å². The Morgan fingerprint density at radius 3 is 1.35 bits per heavy atom. The van der Waals surface area contributed by atoms with Crippen LogP contribution >= 0.6 is 0 Å². The molecule has 0 fully saturated rings. The molecule has 0 atom stereocenters. The Morgan fingerprint density at radius 2 is 0.841 bits per heavy atom. The fourth-order valence-electron chi connectivity index (χ4n) is 8.76. The number of para-hydroxylation sites is 7. The zero-order valence-corrected chi connectivity index (χ0v) is 32.9. The predicted octanol–water partition coefficient (Wildman–Crippen LogP) is 13.3. The van der Waals surface area contributed by atoms with Gasteiger partial charge in [-0.25, -0.2) is 0 Å². The van der Waals surface area contributed by atoms with Crippen molar-refractivity contribution in [3.05, 3.63) is 230 Å². The van der Waals surface area contributed by atoms with E-state index in [0.29, 0.717) is 0 Å². The van der Waals surface area contributed by atoms with E-state index in [-0.39, 0.29) is 50.5 Å². The van der Waals surface area contributed by atoms with Gasteiger partial charge in [0.25, 0.3) is 6.71 Å². The first-order chi connectivity index (χ1) is 43.9. The van der Waals surface area contributed by atoms with Gasteiger partial charge >= 0.3 is 0 Å². The van der Waals surface area contributed by atoms with Crippen LogP contribution in [0.15, 0.2) is 230 Å². The van der Waals surface area contributed by atoms with Gasteiger partial charge in [-0.15, -0.1) is 0 Å². The van der Waals surface area contributed by atoms with Crippen LogP contribution < -0.4 is 40.9 Å². The van der Waals surface area contributed by atoms with Gasteiger partial charge in [-0.05, 0) is 133 Å². The molecular weight excluding hydrogens is 765 g/mol. The molecule has 0 aliphatic carbocycles. The SMILES string of the molecule is [2H]c1c([2H])c([2H])c(N2c3ccccc3B3c4c2cc(N(c2c([2H])c([2H])c([2H])c([2H])c2[2H])c2c([2H])c([2H])c([2H])c([2H])c2[2H])cc4N(c2c([2H])c([2H])c([2H])c([2H])c2[2H])c2cc4c(c([2H])c23)N(c2c([2H])c([2H])c([2H])c([2H])c2[2H])C(C)(C)N4c2c([2H])c([2H])c([2H])c([2H])c2[2H])c([2H])c1[2H]. The van der Waals surface area contributed by atoms with E-state index < -0.39 is 240 Å². The van der Waals surface area contributed by atoms with Crippen molar-refractivity contribution in [2.45, 2.75) is 19.5 Å². The second kappa shape index (κ2) is 14.6. The summed E-state index contributed by atoms with van der Waals surface area (Å²) in [4.78, 5) is 5.28. The van der Waals surface area contributed by atoms with Crippen molar-refractivity contribution in [1.29, 1.82) is 0 Å². The summed E-state index contributed by atoms with van der Waals surface area (Å²) in [5, 5.41) is 0. The minimum atomic E-state index is -2.05. The van der Waals surface area contributed by atoms with Crippen LogP contribution in [0, 0.1) is 0 Å². The number of rotatable bonds is 7. The van der Waals surface area contributed by atoms with Gasteiger partial charge in [0.05, 0.1) is 59.6 Å². The number of benzene rings is 9. The van der Waals surface area contributed by atoms with Gasteiger partial charge in [-0.2, -0.15) is 0 Å². The fourth-order valence-corrected chi connectivity index (χ4v) is 8.76. The second-order valence-electron chi connectivity index (χ2n) is 14.7. The minimum Gasteiger partial charge on any atom is -0.316 e. The second-order valence-corrected chi connectivity index (χ2v) is 14.7. The van der Waals surface area contributed by atoms with Crippen LogP contribution in [-0.2, 0) is 0 Å². The maximum Gasteiger partial charge on any atom is 0.252 e. The summed E-state index contributed by atoms with van der Waals surface area (Å²) in [5.74, 6) is 0. The third-order valence-electron chi connectivity index (χ3n) is 11.0. The summed E-state index contributed by atoms with van der Waals surface area (Å²) < 4.78 is 285. The number of hydrogen-bond donors (Lipinski definition) is 0. The van der Waals surface area contributed by atoms with Crippen LogP contribution in [0.25, 0.3) is 0 Å². The molecule has 0 radical (unpaired) electrons. The monoisotopic (exact) mass is 841 g/mol. The summed E-state index contributed by atoms with van der Waals surface area (Å²) in [6, 6.07) is -18.4. The van der Waals surface area contributed by atoms with Crippen molar-refractivity contribution >= 4 is 97.0 Å². The Kier molecular flexibility index (Phi) is 3.96. The molecule has 0 aromatic heterocycles.